The van der Waals surface area contributed by atoms with Gasteiger partial charge in [-0.15, -0.1) is 10.2 Å². The summed E-state index contributed by atoms with van der Waals surface area (Å²) in [6.45, 7) is 4.91. The summed E-state index contributed by atoms with van der Waals surface area (Å²) in [5.41, 5.74) is 2.48. The highest BCUT2D eigenvalue weighted by Crippen LogP contribution is 2.39. The number of carbonyl (C=O) groups excluding carboxylic acids is 1. The highest BCUT2D eigenvalue weighted by molar-refractivity contribution is 5.75. The Labute approximate surface area is 230 Å². The number of phenols is 1. The van der Waals surface area contributed by atoms with E-state index in [0.717, 1.165) is 31.4 Å². The zero-order chi connectivity index (χ0) is 28.6. The Morgan fingerprint density at radius 3 is 2.56 bits per heavy atom. The van der Waals surface area contributed by atoms with Gasteiger partial charge in [-0.3, -0.25) is 4.79 Å². The number of methoxy groups -OCH3 is 1. The predicted molar refractivity (Wildman–Crippen MR) is 147 cm³/mol. The van der Waals surface area contributed by atoms with E-state index in [0.29, 0.717) is 48.0 Å². The molecule has 1 aromatic heterocycles. The fourth-order valence-corrected chi connectivity index (χ4v) is 4.37. The van der Waals surface area contributed by atoms with Crippen LogP contribution in [0, 0.1) is 5.92 Å². The number of hydrogen-bond acceptors (Lipinski definition) is 8. The quantitative estimate of drug-likeness (QED) is 0.217. The summed E-state index contributed by atoms with van der Waals surface area (Å²) in [5, 5.41) is 22.8. The number of anilines is 1. The van der Waals surface area contributed by atoms with E-state index in [-0.39, 0.29) is 24.1 Å². The minimum atomic E-state index is -2.97. The Morgan fingerprint density at radius 1 is 1.13 bits per heavy atom. The van der Waals surface area contributed by atoms with E-state index in [4.69, 9.17) is 4.74 Å². The van der Waals surface area contributed by atoms with Crippen molar-refractivity contribution >= 4 is 11.8 Å². The molecule has 1 aromatic carbocycles. The van der Waals surface area contributed by atoms with Crippen LogP contribution in [0.2, 0.25) is 0 Å². The summed E-state index contributed by atoms with van der Waals surface area (Å²) >= 11 is 0. The molecular formula is C29H43F2N3O5. The van der Waals surface area contributed by atoms with E-state index in [2.05, 4.69) is 38.8 Å². The standard InChI is InChI=1S/C24H33F2N3O3.C5H10O2/c1-3-5-6-8-16(4-2)14-27-21-12-17-9-7-10-31-15-18-11-19(32-24(25)26)13-20(30)22(18)23(17)29-28-21;1-3-4-5(6)7-2/h11-13,16,24,30H,3-10,14-15H2,1-2H3,(H,27,28);3-4H2,1-2H3. The summed E-state index contributed by atoms with van der Waals surface area (Å²) in [4.78, 5) is 10.2. The maximum Gasteiger partial charge on any atom is 0.387 e. The molecule has 2 heterocycles. The Balaban J connectivity index is 0.000000673. The minimum Gasteiger partial charge on any atom is -0.507 e. The lowest BCUT2D eigenvalue weighted by molar-refractivity contribution is -0.140. The minimum absolute atomic E-state index is 0.111. The number of benzene rings is 1. The van der Waals surface area contributed by atoms with Crippen LogP contribution in [0.5, 0.6) is 11.5 Å². The van der Waals surface area contributed by atoms with Crippen LogP contribution in [0.25, 0.3) is 11.3 Å². The molecule has 39 heavy (non-hydrogen) atoms. The van der Waals surface area contributed by atoms with Gasteiger partial charge in [-0.2, -0.15) is 8.78 Å². The number of nitrogens with one attached hydrogen (secondary N) is 1. The van der Waals surface area contributed by atoms with Gasteiger partial charge in [0.1, 0.15) is 23.0 Å². The molecule has 2 N–H and O–H groups in total. The summed E-state index contributed by atoms with van der Waals surface area (Å²) < 4.78 is 39.8. The second-order valence-corrected chi connectivity index (χ2v) is 9.59. The number of esters is 1. The van der Waals surface area contributed by atoms with E-state index in [1.807, 2.05) is 13.0 Å². The molecule has 218 valence electrons. The first-order valence-electron chi connectivity index (χ1n) is 13.9. The Bertz CT molecular complexity index is 1020. The van der Waals surface area contributed by atoms with Gasteiger partial charge >= 0.3 is 12.6 Å². The van der Waals surface area contributed by atoms with Crippen molar-refractivity contribution < 1.29 is 32.9 Å². The van der Waals surface area contributed by atoms with Gasteiger partial charge in [0.25, 0.3) is 0 Å². The molecule has 0 spiro atoms. The first-order chi connectivity index (χ1) is 18.8. The molecule has 2 aromatic rings. The van der Waals surface area contributed by atoms with Crippen molar-refractivity contribution in [1.29, 1.82) is 0 Å². The number of aromatic hydroxyl groups is 1. The van der Waals surface area contributed by atoms with Crippen LogP contribution in [0.4, 0.5) is 14.6 Å². The SMILES string of the molecule is CCCC(=O)OC.CCCCCC(CC)CNc1cc2c(nn1)-c1c(O)cc(OC(F)F)cc1COCCC2. The summed E-state index contributed by atoms with van der Waals surface area (Å²) in [5.74, 6) is 0.876. The van der Waals surface area contributed by atoms with Gasteiger partial charge in [-0.1, -0.05) is 46.5 Å². The summed E-state index contributed by atoms with van der Waals surface area (Å²) in [6, 6.07) is 4.62. The normalized spacial score (nSPS) is 13.5. The Kier molecular flexibility index (Phi) is 14.5. The van der Waals surface area contributed by atoms with Crippen LogP contribution >= 0.6 is 0 Å². The number of alkyl halides is 2. The smallest absolute Gasteiger partial charge is 0.387 e. The zero-order valence-electron chi connectivity index (χ0n) is 23.6. The number of aryl methyl sites for hydroxylation is 1. The Hall–Kier alpha value is -3.01. The first kappa shape index (κ1) is 32.2. The maximum absolute atomic E-state index is 12.7. The van der Waals surface area contributed by atoms with Crippen LogP contribution in [-0.2, 0) is 27.3 Å². The second kappa shape index (κ2) is 17.6. The van der Waals surface area contributed by atoms with E-state index in [1.165, 1.54) is 44.9 Å². The molecule has 1 unspecified atom stereocenters. The first-order valence-corrected chi connectivity index (χ1v) is 13.9. The highest BCUT2D eigenvalue weighted by atomic mass is 19.3. The van der Waals surface area contributed by atoms with Gasteiger partial charge in [-0.05, 0) is 54.9 Å². The van der Waals surface area contributed by atoms with Crippen molar-refractivity contribution in [2.45, 2.75) is 91.8 Å². The summed E-state index contributed by atoms with van der Waals surface area (Å²) in [6.07, 6.45) is 8.90. The molecule has 1 atom stereocenters. The molecule has 0 amide bonds. The number of phenolic OH excluding ortho intramolecular Hbond substituents is 1. The number of aromatic nitrogens is 2. The zero-order valence-corrected chi connectivity index (χ0v) is 23.6. The van der Waals surface area contributed by atoms with Gasteiger partial charge < -0.3 is 24.6 Å². The lowest BCUT2D eigenvalue weighted by atomic mass is 9.97. The van der Waals surface area contributed by atoms with Gasteiger partial charge in [0.05, 0.1) is 13.7 Å². The molecule has 0 radical (unpaired) electrons. The topological polar surface area (TPSA) is 103 Å². The van der Waals surface area contributed by atoms with Gasteiger partial charge in [0.15, 0.2) is 0 Å². The van der Waals surface area contributed by atoms with Crippen LogP contribution in [-0.4, -0.2) is 48.1 Å². The number of hydrogen-bond donors (Lipinski definition) is 2. The van der Waals surface area contributed by atoms with E-state index in [1.54, 1.807) is 0 Å². The van der Waals surface area contributed by atoms with Crippen molar-refractivity contribution in [2.24, 2.45) is 5.92 Å². The van der Waals surface area contributed by atoms with Crippen LogP contribution in [0.3, 0.4) is 0 Å². The number of nitrogens with zero attached hydrogens (tertiary/aromatic N) is 2. The molecule has 3 rings (SSSR count). The lowest BCUT2D eigenvalue weighted by Crippen LogP contribution is -2.15. The van der Waals surface area contributed by atoms with E-state index >= 15 is 0 Å². The van der Waals surface area contributed by atoms with Crippen LogP contribution in [0.15, 0.2) is 18.2 Å². The second-order valence-electron chi connectivity index (χ2n) is 9.59. The van der Waals surface area contributed by atoms with Gasteiger partial charge in [0, 0.05) is 31.2 Å². The van der Waals surface area contributed by atoms with Crippen molar-refractivity contribution in [3.8, 4) is 22.8 Å². The molecule has 1 aliphatic heterocycles. The van der Waals surface area contributed by atoms with Gasteiger partial charge in [0.2, 0.25) is 0 Å². The van der Waals surface area contributed by atoms with Crippen molar-refractivity contribution in [3.63, 3.8) is 0 Å². The monoisotopic (exact) mass is 551 g/mol. The molecule has 0 bridgehead atoms. The molecule has 8 nitrogen and oxygen atoms in total. The largest absolute Gasteiger partial charge is 0.507 e. The van der Waals surface area contributed by atoms with E-state index < -0.39 is 6.61 Å². The number of fused-ring (bicyclic) bond motifs is 3. The Morgan fingerprint density at radius 2 is 1.92 bits per heavy atom. The molecule has 0 fully saturated rings. The predicted octanol–water partition coefficient (Wildman–Crippen LogP) is 6.89. The molecule has 0 saturated carbocycles. The molecule has 1 aliphatic rings. The third-order valence-electron chi connectivity index (χ3n) is 6.55. The maximum atomic E-state index is 12.7. The summed E-state index contributed by atoms with van der Waals surface area (Å²) in [7, 11) is 1.40. The van der Waals surface area contributed by atoms with Crippen molar-refractivity contribution in [1.82, 2.24) is 10.2 Å². The van der Waals surface area contributed by atoms with Crippen molar-refractivity contribution in [2.75, 3.05) is 25.6 Å². The fraction of sp³-hybridized carbons (Fsp3) is 0.621. The number of rotatable bonds is 12. The number of ether oxygens (including phenoxy) is 3. The van der Waals surface area contributed by atoms with Crippen molar-refractivity contribution in [3.05, 3.63) is 29.3 Å². The molecule has 0 aliphatic carbocycles. The fourth-order valence-electron chi connectivity index (χ4n) is 4.37. The average Bonchev–Trinajstić information content (AvgIpc) is 2.99. The van der Waals surface area contributed by atoms with Gasteiger partial charge in [-0.25, -0.2) is 0 Å². The number of halogens is 2. The molecular weight excluding hydrogens is 508 g/mol. The molecule has 10 heteroatoms. The van der Waals surface area contributed by atoms with Crippen LogP contribution < -0.4 is 10.1 Å². The van der Waals surface area contributed by atoms with E-state index in [9.17, 15) is 18.7 Å². The highest BCUT2D eigenvalue weighted by Gasteiger charge is 2.21. The third-order valence-corrected chi connectivity index (χ3v) is 6.55. The lowest BCUT2D eigenvalue weighted by Gasteiger charge is -2.17. The third kappa shape index (κ3) is 10.9. The number of unbranched alkanes of at least 4 members (excludes halogenated alkanes) is 2. The van der Waals surface area contributed by atoms with Crippen LogP contribution in [0.1, 0.15) is 83.3 Å². The average molecular weight is 552 g/mol. The number of carbonyl (C=O) groups is 1. The molecule has 0 saturated heterocycles.